The van der Waals surface area contributed by atoms with Gasteiger partial charge in [0.2, 0.25) is 5.91 Å². The minimum Gasteiger partial charge on any atom is -0.350 e. The van der Waals surface area contributed by atoms with E-state index in [2.05, 4.69) is 36.3 Å². The van der Waals surface area contributed by atoms with E-state index in [1.807, 2.05) is 32.3 Å². The number of hydrogen-bond donors (Lipinski definition) is 1. The normalized spacial score (nSPS) is 11.9. The fraction of sp³-hybridized carbons (Fsp3) is 0.500. The Morgan fingerprint density at radius 2 is 1.80 bits per heavy atom. The second-order valence-electron chi connectivity index (χ2n) is 6.47. The summed E-state index contributed by atoms with van der Waals surface area (Å²) >= 11 is 0. The van der Waals surface area contributed by atoms with Crippen LogP contribution < -0.4 is 5.32 Å². The molecule has 4 heteroatoms. The highest BCUT2D eigenvalue weighted by molar-refractivity contribution is 5.82. The van der Waals surface area contributed by atoms with Crippen LogP contribution in [0.5, 0.6) is 0 Å². The largest absolute Gasteiger partial charge is 0.350 e. The zero-order valence-electron chi connectivity index (χ0n) is 13.2. The Hall–Kier alpha value is -1.84. The van der Waals surface area contributed by atoms with E-state index in [0.29, 0.717) is 6.54 Å². The van der Waals surface area contributed by atoms with Gasteiger partial charge in [-0.3, -0.25) is 4.79 Å². The van der Waals surface area contributed by atoms with Crippen molar-refractivity contribution in [3.05, 3.63) is 29.1 Å². The number of nitrogens with zero attached hydrogens (tertiary/aromatic N) is 2. The molecule has 0 bridgehead atoms. The molecule has 2 aromatic rings. The minimum absolute atomic E-state index is 0.0122. The molecule has 1 amide bonds. The molecule has 1 aromatic carbocycles. The van der Waals surface area contributed by atoms with Gasteiger partial charge in [0.05, 0.1) is 11.0 Å². The molecular formula is C16H23N3O. The van der Waals surface area contributed by atoms with Crippen LogP contribution in [-0.4, -0.2) is 21.0 Å². The molecule has 0 aliphatic heterocycles. The van der Waals surface area contributed by atoms with Gasteiger partial charge >= 0.3 is 0 Å². The molecular weight excluding hydrogens is 250 g/mol. The molecule has 1 N–H and O–H groups in total. The molecule has 108 valence electrons. The summed E-state index contributed by atoms with van der Waals surface area (Å²) in [6.07, 6.45) is 0. The molecule has 0 radical (unpaired) electrons. The first-order chi connectivity index (χ1) is 9.17. The molecule has 0 spiro atoms. The third kappa shape index (κ3) is 3.00. The van der Waals surface area contributed by atoms with E-state index < -0.39 is 0 Å². The number of carbonyl (C=O) groups is 1. The van der Waals surface area contributed by atoms with E-state index in [1.54, 1.807) is 0 Å². The van der Waals surface area contributed by atoms with E-state index in [0.717, 1.165) is 16.9 Å². The standard InChI is InChI=1S/C16H23N3O/c1-10-7-13-14(8-11(10)2)19(12(3)17-13)9-15(20)18-16(4,5)6/h7-8H,9H2,1-6H3,(H,18,20). The van der Waals surface area contributed by atoms with Gasteiger partial charge in [0.1, 0.15) is 12.4 Å². The number of carbonyl (C=O) groups excluding carboxylic acids is 1. The first kappa shape index (κ1) is 14.6. The highest BCUT2D eigenvalue weighted by Crippen LogP contribution is 2.20. The van der Waals surface area contributed by atoms with Gasteiger partial charge in [-0.2, -0.15) is 0 Å². The van der Waals surface area contributed by atoms with Crippen LogP contribution in [-0.2, 0) is 11.3 Å². The Bertz CT molecular complexity index is 662. The number of fused-ring (bicyclic) bond motifs is 1. The van der Waals surface area contributed by atoms with Crippen molar-refractivity contribution < 1.29 is 4.79 Å². The van der Waals surface area contributed by atoms with Crippen molar-refractivity contribution in [1.82, 2.24) is 14.9 Å². The highest BCUT2D eigenvalue weighted by Gasteiger charge is 2.16. The molecule has 1 aromatic heterocycles. The van der Waals surface area contributed by atoms with Gasteiger partial charge in [-0.05, 0) is 64.8 Å². The van der Waals surface area contributed by atoms with Crippen LogP contribution in [0.1, 0.15) is 37.7 Å². The van der Waals surface area contributed by atoms with Gasteiger partial charge in [-0.1, -0.05) is 0 Å². The second-order valence-corrected chi connectivity index (χ2v) is 6.47. The second kappa shape index (κ2) is 4.93. The Kier molecular flexibility index (Phi) is 3.59. The summed E-state index contributed by atoms with van der Waals surface area (Å²) in [5.74, 6) is 0.882. The summed E-state index contributed by atoms with van der Waals surface area (Å²) in [7, 11) is 0. The predicted octanol–water partition coefficient (Wildman–Crippen LogP) is 2.88. The number of amides is 1. The molecule has 4 nitrogen and oxygen atoms in total. The van der Waals surface area contributed by atoms with Gasteiger partial charge in [-0.15, -0.1) is 0 Å². The van der Waals surface area contributed by atoms with Crippen LogP contribution in [0, 0.1) is 20.8 Å². The predicted molar refractivity (Wildman–Crippen MR) is 81.8 cm³/mol. The average Bonchev–Trinajstić information content (AvgIpc) is 2.54. The number of aryl methyl sites for hydroxylation is 3. The minimum atomic E-state index is -0.214. The molecule has 1 heterocycles. The molecule has 0 fully saturated rings. The Balaban J connectivity index is 2.37. The van der Waals surface area contributed by atoms with Crippen molar-refractivity contribution in [2.75, 3.05) is 0 Å². The van der Waals surface area contributed by atoms with Gasteiger partial charge in [0.25, 0.3) is 0 Å². The summed E-state index contributed by atoms with van der Waals surface area (Å²) in [6.45, 7) is 12.4. The lowest BCUT2D eigenvalue weighted by atomic mass is 10.1. The lowest BCUT2D eigenvalue weighted by Gasteiger charge is -2.21. The van der Waals surface area contributed by atoms with Gasteiger partial charge in [0.15, 0.2) is 0 Å². The zero-order valence-corrected chi connectivity index (χ0v) is 13.2. The van der Waals surface area contributed by atoms with Crippen molar-refractivity contribution in [2.24, 2.45) is 0 Å². The van der Waals surface area contributed by atoms with E-state index >= 15 is 0 Å². The fourth-order valence-electron chi connectivity index (χ4n) is 2.30. The summed E-state index contributed by atoms with van der Waals surface area (Å²) < 4.78 is 1.98. The Morgan fingerprint density at radius 1 is 1.20 bits per heavy atom. The zero-order chi connectivity index (χ0) is 15.1. The maximum absolute atomic E-state index is 12.1. The lowest BCUT2D eigenvalue weighted by molar-refractivity contribution is -0.123. The van der Waals surface area contributed by atoms with Crippen molar-refractivity contribution in [3.63, 3.8) is 0 Å². The van der Waals surface area contributed by atoms with E-state index in [-0.39, 0.29) is 11.4 Å². The quantitative estimate of drug-likeness (QED) is 0.914. The van der Waals surface area contributed by atoms with Gasteiger partial charge in [-0.25, -0.2) is 4.98 Å². The van der Waals surface area contributed by atoms with Crippen LogP contribution in [0.4, 0.5) is 0 Å². The number of nitrogens with one attached hydrogen (secondary N) is 1. The molecule has 20 heavy (non-hydrogen) atoms. The number of aromatic nitrogens is 2. The van der Waals surface area contributed by atoms with Crippen LogP contribution in [0.15, 0.2) is 12.1 Å². The van der Waals surface area contributed by atoms with Crippen molar-refractivity contribution in [3.8, 4) is 0 Å². The van der Waals surface area contributed by atoms with Crippen LogP contribution in [0.2, 0.25) is 0 Å². The molecule has 0 aliphatic rings. The topological polar surface area (TPSA) is 46.9 Å². The Labute approximate surface area is 120 Å². The molecule has 0 atom stereocenters. The van der Waals surface area contributed by atoms with Crippen molar-refractivity contribution in [2.45, 2.75) is 53.6 Å². The van der Waals surface area contributed by atoms with Gasteiger partial charge in [0, 0.05) is 5.54 Å². The number of benzene rings is 1. The molecule has 0 saturated heterocycles. The SMILES string of the molecule is Cc1cc2nc(C)n(CC(=O)NC(C)(C)C)c2cc1C. The number of hydrogen-bond acceptors (Lipinski definition) is 2. The molecule has 0 aliphatic carbocycles. The van der Waals surface area contributed by atoms with Crippen molar-refractivity contribution >= 4 is 16.9 Å². The first-order valence-electron chi connectivity index (χ1n) is 6.92. The summed E-state index contributed by atoms with van der Waals surface area (Å²) in [5, 5.41) is 2.99. The number of rotatable bonds is 2. The Morgan fingerprint density at radius 3 is 2.40 bits per heavy atom. The van der Waals surface area contributed by atoms with Crippen LogP contribution in [0.25, 0.3) is 11.0 Å². The molecule has 0 saturated carbocycles. The van der Waals surface area contributed by atoms with Crippen LogP contribution >= 0.6 is 0 Å². The van der Waals surface area contributed by atoms with Crippen LogP contribution in [0.3, 0.4) is 0 Å². The maximum atomic E-state index is 12.1. The van der Waals surface area contributed by atoms with Crippen molar-refractivity contribution in [1.29, 1.82) is 0 Å². The van der Waals surface area contributed by atoms with E-state index in [1.165, 1.54) is 11.1 Å². The molecule has 2 rings (SSSR count). The van der Waals surface area contributed by atoms with E-state index in [9.17, 15) is 4.79 Å². The summed E-state index contributed by atoms with van der Waals surface area (Å²) in [6, 6.07) is 4.19. The summed E-state index contributed by atoms with van der Waals surface area (Å²) in [5.41, 5.74) is 4.20. The first-order valence-corrected chi connectivity index (χ1v) is 6.92. The van der Waals surface area contributed by atoms with E-state index in [4.69, 9.17) is 0 Å². The molecule has 0 unspecified atom stereocenters. The third-order valence-corrected chi connectivity index (χ3v) is 3.37. The lowest BCUT2D eigenvalue weighted by Crippen LogP contribution is -2.42. The third-order valence-electron chi connectivity index (χ3n) is 3.37. The smallest absolute Gasteiger partial charge is 0.240 e. The number of imidazole rings is 1. The fourth-order valence-corrected chi connectivity index (χ4v) is 2.30. The van der Waals surface area contributed by atoms with Gasteiger partial charge < -0.3 is 9.88 Å². The highest BCUT2D eigenvalue weighted by atomic mass is 16.2. The monoisotopic (exact) mass is 273 g/mol. The summed E-state index contributed by atoms with van der Waals surface area (Å²) in [4.78, 5) is 16.7. The maximum Gasteiger partial charge on any atom is 0.240 e. The average molecular weight is 273 g/mol.